The zero-order valence-corrected chi connectivity index (χ0v) is 11.1. The van der Waals surface area contributed by atoms with E-state index in [9.17, 15) is 26.4 Å². The molecule has 1 aromatic carbocycles. The van der Waals surface area contributed by atoms with Crippen LogP contribution >= 0.6 is 0 Å². The van der Waals surface area contributed by atoms with E-state index in [-0.39, 0.29) is 17.9 Å². The fourth-order valence-electron chi connectivity index (χ4n) is 1.27. The lowest BCUT2D eigenvalue weighted by molar-refractivity contribution is -0.138. The summed E-state index contributed by atoms with van der Waals surface area (Å²) in [4.78, 5) is 11.1. The molecule has 0 heterocycles. The maximum absolute atomic E-state index is 11.8. The first-order valence-electron chi connectivity index (χ1n) is 5.59. The van der Waals surface area contributed by atoms with Gasteiger partial charge in [0.25, 0.3) is 0 Å². The molecule has 2 N–H and O–H groups in total. The molecule has 5 nitrogen and oxygen atoms in total. The molecule has 0 fully saturated rings. The molecule has 0 unspecified atom stereocenters. The molecule has 1 amide bonds. The van der Waals surface area contributed by atoms with Crippen molar-refractivity contribution in [3.05, 3.63) is 30.3 Å². The third-order valence-electron chi connectivity index (χ3n) is 2.18. The molecular formula is C11H13F3N2O3S. The number of rotatable bonds is 6. The largest absolute Gasteiger partial charge is 0.405 e. The second-order valence-electron chi connectivity index (χ2n) is 3.85. The summed E-state index contributed by atoms with van der Waals surface area (Å²) in [7, 11) is -3.75. The van der Waals surface area contributed by atoms with Gasteiger partial charge in [0.15, 0.2) is 0 Å². The van der Waals surface area contributed by atoms with Crippen LogP contribution in [-0.4, -0.2) is 33.6 Å². The average molecular weight is 310 g/mol. The zero-order valence-electron chi connectivity index (χ0n) is 10.3. The van der Waals surface area contributed by atoms with Crippen molar-refractivity contribution in [3.8, 4) is 0 Å². The highest BCUT2D eigenvalue weighted by atomic mass is 32.2. The Hall–Kier alpha value is -1.61. The number of hydrogen-bond acceptors (Lipinski definition) is 3. The molecule has 0 aliphatic rings. The number of nitrogens with one attached hydrogen (secondary N) is 2. The van der Waals surface area contributed by atoms with Gasteiger partial charge in [-0.1, -0.05) is 18.2 Å². The maximum Gasteiger partial charge on any atom is 0.405 e. The summed E-state index contributed by atoms with van der Waals surface area (Å²) in [6.07, 6.45) is -4.86. The number of alkyl halides is 3. The smallest absolute Gasteiger partial charge is 0.347 e. The lowest BCUT2D eigenvalue weighted by atomic mass is 10.4. The highest BCUT2D eigenvalue weighted by molar-refractivity contribution is 7.89. The summed E-state index contributed by atoms with van der Waals surface area (Å²) in [6.45, 7) is -1.71. The molecule has 1 aromatic rings. The number of carbonyl (C=O) groups excluding carboxylic acids is 1. The van der Waals surface area contributed by atoms with Crippen molar-refractivity contribution in [2.24, 2.45) is 0 Å². The van der Waals surface area contributed by atoms with Crippen LogP contribution in [0.5, 0.6) is 0 Å². The Morgan fingerprint density at radius 2 is 1.75 bits per heavy atom. The molecule has 112 valence electrons. The second-order valence-corrected chi connectivity index (χ2v) is 5.62. The van der Waals surface area contributed by atoms with E-state index in [4.69, 9.17) is 0 Å². The molecule has 0 bridgehead atoms. The monoisotopic (exact) mass is 310 g/mol. The van der Waals surface area contributed by atoms with E-state index in [2.05, 4.69) is 4.72 Å². The fourth-order valence-corrected chi connectivity index (χ4v) is 2.32. The topological polar surface area (TPSA) is 75.3 Å². The average Bonchev–Trinajstić information content (AvgIpc) is 2.36. The van der Waals surface area contributed by atoms with Gasteiger partial charge in [-0.25, -0.2) is 13.1 Å². The van der Waals surface area contributed by atoms with Crippen molar-refractivity contribution in [2.75, 3.05) is 13.1 Å². The Labute approximate surface area is 114 Å². The molecule has 9 heteroatoms. The van der Waals surface area contributed by atoms with Gasteiger partial charge in [0.2, 0.25) is 15.9 Å². The third-order valence-corrected chi connectivity index (χ3v) is 3.66. The van der Waals surface area contributed by atoms with Crippen LogP contribution < -0.4 is 10.0 Å². The van der Waals surface area contributed by atoms with Crippen molar-refractivity contribution in [1.29, 1.82) is 0 Å². The summed E-state index contributed by atoms with van der Waals surface area (Å²) in [5.74, 6) is -0.877. The first-order chi connectivity index (χ1) is 9.21. The van der Waals surface area contributed by atoms with Crippen LogP contribution in [0.2, 0.25) is 0 Å². The van der Waals surface area contributed by atoms with Crippen molar-refractivity contribution in [3.63, 3.8) is 0 Å². The van der Waals surface area contributed by atoms with Crippen LogP contribution in [0.4, 0.5) is 13.2 Å². The fraction of sp³-hybridized carbons (Fsp3) is 0.364. The van der Waals surface area contributed by atoms with Gasteiger partial charge in [0, 0.05) is 13.0 Å². The Kier molecular flexibility index (Phi) is 5.52. The van der Waals surface area contributed by atoms with Gasteiger partial charge < -0.3 is 5.32 Å². The predicted octanol–water partition coefficient (Wildman–Crippen LogP) is 1.03. The Morgan fingerprint density at radius 3 is 2.30 bits per heavy atom. The van der Waals surface area contributed by atoms with Gasteiger partial charge in [0.1, 0.15) is 6.54 Å². The summed E-state index contributed by atoms with van der Waals surface area (Å²) >= 11 is 0. The Balaban J connectivity index is 2.39. The summed E-state index contributed by atoms with van der Waals surface area (Å²) in [5.41, 5.74) is 0. The minimum atomic E-state index is -4.49. The van der Waals surface area contributed by atoms with Crippen LogP contribution in [0, 0.1) is 0 Å². The second kappa shape index (κ2) is 6.71. The molecule has 0 aliphatic carbocycles. The number of benzene rings is 1. The molecule has 20 heavy (non-hydrogen) atoms. The molecule has 0 saturated carbocycles. The minimum absolute atomic E-state index is 0.0238. The lowest BCUT2D eigenvalue weighted by Gasteiger charge is -2.09. The van der Waals surface area contributed by atoms with Gasteiger partial charge in [-0.3, -0.25) is 4.79 Å². The van der Waals surface area contributed by atoms with Gasteiger partial charge in [-0.2, -0.15) is 13.2 Å². The zero-order chi connectivity index (χ0) is 15.2. The number of hydrogen-bond donors (Lipinski definition) is 2. The van der Waals surface area contributed by atoms with E-state index in [0.29, 0.717) is 0 Å². The highest BCUT2D eigenvalue weighted by Gasteiger charge is 2.27. The first-order valence-corrected chi connectivity index (χ1v) is 7.07. The van der Waals surface area contributed by atoms with Gasteiger partial charge in [-0.15, -0.1) is 0 Å². The predicted molar refractivity (Wildman–Crippen MR) is 65.3 cm³/mol. The van der Waals surface area contributed by atoms with Gasteiger partial charge >= 0.3 is 6.18 Å². The van der Waals surface area contributed by atoms with Crippen LogP contribution in [-0.2, 0) is 14.8 Å². The molecular weight excluding hydrogens is 297 g/mol. The molecule has 1 rings (SSSR count). The standard InChI is InChI=1S/C11H13F3N2O3S/c12-11(13,14)8-15-10(17)6-7-16-20(18,19)9-4-2-1-3-5-9/h1-5,16H,6-8H2,(H,15,17). The summed E-state index contributed by atoms with van der Waals surface area (Å²) < 4.78 is 61.0. The van der Waals surface area contributed by atoms with Crippen molar-refractivity contribution >= 4 is 15.9 Å². The molecule has 0 spiro atoms. The van der Waals surface area contributed by atoms with E-state index in [1.807, 2.05) is 0 Å². The minimum Gasteiger partial charge on any atom is -0.347 e. The number of carbonyl (C=O) groups is 1. The molecule has 0 atom stereocenters. The van der Waals surface area contributed by atoms with Crippen LogP contribution in [0.1, 0.15) is 6.42 Å². The summed E-state index contributed by atoms with van der Waals surface area (Å²) in [6, 6.07) is 7.44. The summed E-state index contributed by atoms with van der Waals surface area (Å²) in [5, 5.41) is 1.65. The van der Waals surface area contributed by atoms with Crippen molar-refractivity contribution in [1.82, 2.24) is 10.0 Å². The van der Waals surface area contributed by atoms with E-state index in [0.717, 1.165) is 0 Å². The number of halogens is 3. The van der Waals surface area contributed by atoms with Crippen LogP contribution in [0.3, 0.4) is 0 Å². The van der Waals surface area contributed by atoms with Crippen molar-refractivity contribution < 1.29 is 26.4 Å². The molecule has 0 aromatic heterocycles. The van der Waals surface area contributed by atoms with E-state index in [1.165, 1.54) is 24.3 Å². The number of amides is 1. The lowest BCUT2D eigenvalue weighted by Crippen LogP contribution is -2.36. The maximum atomic E-state index is 11.8. The van der Waals surface area contributed by atoms with E-state index in [1.54, 1.807) is 11.4 Å². The SMILES string of the molecule is O=C(CCNS(=O)(=O)c1ccccc1)NCC(F)(F)F. The van der Waals surface area contributed by atoms with Gasteiger partial charge in [-0.05, 0) is 12.1 Å². The highest BCUT2D eigenvalue weighted by Crippen LogP contribution is 2.12. The third kappa shape index (κ3) is 6.02. The molecule has 0 radical (unpaired) electrons. The first kappa shape index (κ1) is 16.4. The molecule has 0 aliphatic heterocycles. The Morgan fingerprint density at radius 1 is 1.15 bits per heavy atom. The van der Waals surface area contributed by atoms with Crippen LogP contribution in [0.15, 0.2) is 35.2 Å². The number of sulfonamides is 1. The van der Waals surface area contributed by atoms with E-state index >= 15 is 0 Å². The van der Waals surface area contributed by atoms with E-state index < -0.39 is 28.7 Å². The van der Waals surface area contributed by atoms with Crippen molar-refractivity contribution in [2.45, 2.75) is 17.5 Å². The quantitative estimate of drug-likeness (QED) is 0.824. The molecule has 0 saturated heterocycles. The van der Waals surface area contributed by atoms with Crippen LogP contribution in [0.25, 0.3) is 0 Å². The Bertz CT molecular complexity index is 544. The normalized spacial score (nSPS) is 12.2. The van der Waals surface area contributed by atoms with Gasteiger partial charge in [0.05, 0.1) is 4.90 Å².